The predicted octanol–water partition coefficient (Wildman–Crippen LogP) is 4.85. The van der Waals surface area contributed by atoms with Gasteiger partial charge in [-0.15, -0.1) is 0 Å². The summed E-state index contributed by atoms with van der Waals surface area (Å²) >= 11 is 6.55. The number of aromatic nitrogens is 1. The van der Waals surface area contributed by atoms with Crippen LogP contribution < -0.4 is 9.64 Å². The van der Waals surface area contributed by atoms with E-state index in [0.29, 0.717) is 29.3 Å². The smallest absolute Gasteiger partial charge is 0.242 e. The van der Waals surface area contributed by atoms with Crippen molar-refractivity contribution in [1.82, 2.24) is 4.98 Å². The normalized spacial score (nSPS) is 23.8. The Morgan fingerprint density at radius 1 is 1.17 bits per heavy atom. The van der Waals surface area contributed by atoms with Crippen molar-refractivity contribution in [3.05, 3.63) is 58.7 Å². The first kappa shape index (κ1) is 19.2. The lowest BCUT2D eigenvalue weighted by molar-refractivity contribution is -0.133. The summed E-state index contributed by atoms with van der Waals surface area (Å²) in [6.45, 7) is 0. The molecule has 2 atom stereocenters. The Morgan fingerprint density at radius 3 is 2.77 bits per heavy atom. The second-order valence-electron chi connectivity index (χ2n) is 8.19. The molecule has 1 aromatic heterocycles. The first-order valence-corrected chi connectivity index (χ1v) is 10.6. The van der Waals surface area contributed by atoms with Gasteiger partial charge >= 0.3 is 0 Å². The van der Waals surface area contributed by atoms with Crippen molar-refractivity contribution < 1.29 is 14.3 Å². The summed E-state index contributed by atoms with van der Waals surface area (Å²) in [6.07, 6.45) is 4.87. The van der Waals surface area contributed by atoms with E-state index >= 15 is 0 Å². The molecule has 1 saturated carbocycles. The zero-order chi connectivity index (χ0) is 21.0. The number of benzene rings is 2. The molecule has 30 heavy (non-hydrogen) atoms. The summed E-state index contributed by atoms with van der Waals surface area (Å²) < 4.78 is 5.45. The van der Waals surface area contributed by atoms with Crippen LogP contribution in [-0.4, -0.2) is 30.8 Å². The second-order valence-corrected chi connectivity index (χ2v) is 8.59. The SMILES string of the molecule is COc1ccc2[nH]cc([C@@]3([C@H]4CCCCC4=O)C(=O)N(C)c4c(Cl)cccc43)c2c1. The van der Waals surface area contributed by atoms with Crippen LogP contribution in [-0.2, 0) is 15.0 Å². The van der Waals surface area contributed by atoms with Crippen LogP contribution in [0.25, 0.3) is 10.9 Å². The lowest BCUT2D eigenvalue weighted by Gasteiger charge is -2.37. The van der Waals surface area contributed by atoms with Crippen LogP contribution in [0.3, 0.4) is 0 Å². The Bertz CT molecular complexity index is 1180. The number of aromatic amines is 1. The van der Waals surface area contributed by atoms with Crippen LogP contribution in [0, 0.1) is 5.92 Å². The van der Waals surface area contributed by atoms with Gasteiger partial charge < -0.3 is 14.6 Å². The molecular formula is C24H23ClN2O3. The fourth-order valence-corrected chi connectivity index (χ4v) is 5.74. The zero-order valence-electron chi connectivity index (χ0n) is 17.0. The number of para-hydroxylation sites is 1. The monoisotopic (exact) mass is 422 g/mol. The quantitative estimate of drug-likeness (QED) is 0.656. The van der Waals surface area contributed by atoms with E-state index in [1.807, 2.05) is 36.5 Å². The number of methoxy groups -OCH3 is 1. The number of H-pyrrole nitrogens is 1. The number of anilines is 1. The van der Waals surface area contributed by atoms with E-state index in [9.17, 15) is 9.59 Å². The highest BCUT2D eigenvalue weighted by Gasteiger charge is 2.59. The standard InChI is InChI=1S/C24H23ClN2O3/c1-27-22-17(7-5-8-19(22)25)24(23(27)29,16-6-3-4-9-21(16)28)18-13-26-20-11-10-14(30-2)12-15(18)20/h5,7-8,10-13,16,26H,3-4,6,9H2,1-2H3/t16-,24-/m0/s1. The number of carbonyl (C=O) groups excluding carboxylic acids is 2. The van der Waals surface area contributed by atoms with E-state index in [-0.39, 0.29) is 11.7 Å². The van der Waals surface area contributed by atoms with Crippen LogP contribution in [0.15, 0.2) is 42.6 Å². The lowest BCUT2D eigenvalue weighted by atomic mass is 9.61. The van der Waals surface area contributed by atoms with Crippen molar-refractivity contribution in [2.24, 2.45) is 5.92 Å². The van der Waals surface area contributed by atoms with Gasteiger partial charge in [-0.05, 0) is 48.2 Å². The van der Waals surface area contributed by atoms with E-state index in [4.69, 9.17) is 16.3 Å². The van der Waals surface area contributed by atoms with E-state index in [1.54, 1.807) is 25.1 Å². The molecule has 1 N–H and O–H groups in total. The summed E-state index contributed by atoms with van der Waals surface area (Å²) in [5.41, 5.74) is 2.12. The number of fused-ring (bicyclic) bond motifs is 2. The number of nitrogens with zero attached hydrogens (tertiary/aromatic N) is 1. The molecule has 5 rings (SSSR count). The number of nitrogens with one attached hydrogen (secondary N) is 1. The number of halogens is 1. The van der Waals surface area contributed by atoms with Gasteiger partial charge in [-0.25, -0.2) is 0 Å². The number of ether oxygens (including phenoxy) is 1. The van der Waals surface area contributed by atoms with Crippen LogP contribution >= 0.6 is 11.6 Å². The average Bonchev–Trinajstić information content (AvgIpc) is 3.27. The Balaban J connectivity index is 1.88. The molecule has 1 aliphatic heterocycles. The van der Waals surface area contributed by atoms with Gasteiger partial charge in [0.25, 0.3) is 0 Å². The third kappa shape index (κ3) is 2.42. The minimum Gasteiger partial charge on any atom is -0.497 e. The summed E-state index contributed by atoms with van der Waals surface area (Å²) in [5, 5.41) is 1.41. The van der Waals surface area contributed by atoms with Gasteiger partial charge in [-0.2, -0.15) is 0 Å². The molecule has 6 heteroatoms. The molecule has 2 aliphatic rings. The van der Waals surface area contributed by atoms with Crippen LogP contribution in [0.5, 0.6) is 5.75 Å². The van der Waals surface area contributed by atoms with Gasteiger partial charge in [0.05, 0.1) is 17.8 Å². The maximum atomic E-state index is 14.0. The molecule has 2 aromatic carbocycles. The maximum Gasteiger partial charge on any atom is 0.242 e. The average molecular weight is 423 g/mol. The van der Waals surface area contributed by atoms with E-state index in [0.717, 1.165) is 34.9 Å². The number of Topliss-reactive ketones (excluding diaryl/α,β-unsaturated/α-hetero) is 1. The molecule has 5 nitrogen and oxygen atoms in total. The molecule has 1 fully saturated rings. The summed E-state index contributed by atoms with van der Waals surface area (Å²) in [5.74, 6) is 0.326. The fourth-order valence-electron chi connectivity index (χ4n) is 5.43. The number of amides is 1. The molecule has 154 valence electrons. The highest BCUT2D eigenvalue weighted by Crippen LogP contribution is 2.56. The van der Waals surface area contributed by atoms with E-state index in [1.165, 1.54) is 0 Å². The Morgan fingerprint density at radius 2 is 2.00 bits per heavy atom. The van der Waals surface area contributed by atoms with Gasteiger partial charge in [-0.1, -0.05) is 30.2 Å². The highest BCUT2D eigenvalue weighted by atomic mass is 35.5. The number of ketones is 1. The third-order valence-electron chi connectivity index (χ3n) is 6.78. The largest absolute Gasteiger partial charge is 0.497 e. The molecule has 2 heterocycles. The first-order valence-electron chi connectivity index (χ1n) is 10.3. The number of carbonyl (C=O) groups is 2. The summed E-state index contributed by atoms with van der Waals surface area (Å²) in [6, 6.07) is 11.4. The van der Waals surface area contributed by atoms with Crippen LogP contribution in [0.4, 0.5) is 5.69 Å². The molecule has 1 amide bonds. The van der Waals surface area contributed by atoms with Gasteiger partial charge in [0.15, 0.2) is 0 Å². The van der Waals surface area contributed by atoms with Gasteiger partial charge in [-0.3, -0.25) is 9.59 Å². The van der Waals surface area contributed by atoms with Crippen molar-refractivity contribution >= 4 is 39.9 Å². The lowest BCUT2D eigenvalue weighted by Crippen LogP contribution is -2.49. The molecule has 0 radical (unpaired) electrons. The second kappa shape index (κ2) is 6.88. The number of hydrogen-bond donors (Lipinski definition) is 1. The predicted molar refractivity (Wildman–Crippen MR) is 117 cm³/mol. The van der Waals surface area contributed by atoms with E-state index < -0.39 is 11.3 Å². The number of rotatable bonds is 3. The van der Waals surface area contributed by atoms with Crippen molar-refractivity contribution in [3.8, 4) is 5.75 Å². The van der Waals surface area contributed by atoms with Gasteiger partial charge in [0.1, 0.15) is 16.9 Å². The fraction of sp³-hybridized carbons (Fsp3) is 0.333. The number of likely N-dealkylation sites (N-methyl/N-ethyl adjacent to an activating group) is 1. The Hall–Kier alpha value is -2.79. The number of hydrogen-bond acceptors (Lipinski definition) is 3. The topological polar surface area (TPSA) is 62.4 Å². The zero-order valence-corrected chi connectivity index (χ0v) is 17.8. The summed E-state index contributed by atoms with van der Waals surface area (Å²) in [7, 11) is 3.37. The molecule has 0 spiro atoms. The maximum absolute atomic E-state index is 14.0. The van der Waals surface area contributed by atoms with Crippen molar-refractivity contribution in [3.63, 3.8) is 0 Å². The molecule has 1 aliphatic carbocycles. The molecule has 0 unspecified atom stereocenters. The highest BCUT2D eigenvalue weighted by molar-refractivity contribution is 6.35. The van der Waals surface area contributed by atoms with Gasteiger partial charge in [0, 0.05) is 36.5 Å². The molecule has 0 bridgehead atoms. The van der Waals surface area contributed by atoms with Gasteiger partial charge in [0.2, 0.25) is 5.91 Å². The molecule has 3 aromatic rings. The van der Waals surface area contributed by atoms with E-state index in [2.05, 4.69) is 4.98 Å². The third-order valence-corrected chi connectivity index (χ3v) is 7.09. The van der Waals surface area contributed by atoms with Crippen LogP contribution in [0.1, 0.15) is 36.8 Å². The summed E-state index contributed by atoms with van der Waals surface area (Å²) in [4.78, 5) is 32.2. The van der Waals surface area contributed by atoms with Crippen LogP contribution in [0.2, 0.25) is 5.02 Å². The van der Waals surface area contributed by atoms with Crippen molar-refractivity contribution in [2.45, 2.75) is 31.1 Å². The molecular weight excluding hydrogens is 400 g/mol. The minimum atomic E-state index is -1.10. The first-order chi connectivity index (χ1) is 14.5. The Kier molecular flexibility index (Phi) is 4.40. The van der Waals surface area contributed by atoms with Crippen molar-refractivity contribution in [2.75, 3.05) is 19.1 Å². The Labute approximate surface area is 180 Å². The minimum absolute atomic E-state index is 0.102. The molecule has 0 saturated heterocycles. The van der Waals surface area contributed by atoms with Crippen molar-refractivity contribution in [1.29, 1.82) is 0 Å².